The Labute approximate surface area is 128 Å². The predicted molar refractivity (Wildman–Crippen MR) is 71.5 cm³/mol. The zero-order chi connectivity index (χ0) is 16.6. The number of amides is 3. The summed E-state index contributed by atoms with van der Waals surface area (Å²) in [5.74, 6) is -3.35. The maximum atomic E-state index is 12.1. The second-order valence-corrected chi connectivity index (χ2v) is 5.17. The van der Waals surface area contributed by atoms with Gasteiger partial charge in [-0.1, -0.05) is 15.9 Å². The van der Waals surface area contributed by atoms with Crippen molar-refractivity contribution in [1.29, 1.82) is 0 Å². The Kier molecular flexibility index (Phi) is 8.48. The summed E-state index contributed by atoms with van der Waals surface area (Å²) in [7, 11) is 0. The van der Waals surface area contributed by atoms with Crippen molar-refractivity contribution >= 4 is 33.7 Å². The third-order valence-corrected chi connectivity index (χ3v) is 3.02. The fourth-order valence-electron chi connectivity index (χ4n) is 1.24. The van der Waals surface area contributed by atoms with Crippen LogP contribution in [0.25, 0.3) is 0 Å². The topological polar surface area (TPSA) is 91.9 Å². The van der Waals surface area contributed by atoms with Gasteiger partial charge in [-0.15, -0.1) is 0 Å². The van der Waals surface area contributed by atoms with E-state index in [1.165, 1.54) is 6.92 Å². The van der Waals surface area contributed by atoms with Crippen LogP contribution in [0, 0.1) is 0 Å². The molecule has 0 fully saturated rings. The molecule has 0 unspecified atom stereocenters. The van der Waals surface area contributed by atoms with E-state index in [1.54, 1.807) is 0 Å². The highest BCUT2D eigenvalue weighted by atomic mass is 79.9. The van der Waals surface area contributed by atoms with Gasteiger partial charge in [0.05, 0.1) is 0 Å². The minimum atomic E-state index is -5.01. The van der Waals surface area contributed by atoms with Crippen molar-refractivity contribution in [2.75, 3.05) is 11.9 Å². The summed E-state index contributed by atoms with van der Waals surface area (Å²) in [6, 6.07) is -2.18. The molecule has 0 aromatic heterocycles. The lowest BCUT2D eigenvalue weighted by Gasteiger charge is -2.16. The summed E-state index contributed by atoms with van der Waals surface area (Å²) in [6.45, 7) is 2.96. The molecule has 21 heavy (non-hydrogen) atoms. The maximum absolute atomic E-state index is 12.1. The molecule has 0 heterocycles. The van der Waals surface area contributed by atoms with E-state index in [0.717, 1.165) is 6.92 Å². The highest BCUT2D eigenvalue weighted by Crippen LogP contribution is 2.11. The van der Waals surface area contributed by atoms with Crippen LogP contribution in [-0.4, -0.2) is 47.9 Å². The molecular formula is C11H18BrF3N3O3+. The van der Waals surface area contributed by atoms with Gasteiger partial charge in [-0.05, 0) is 20.3 Å². The lowest BCUT2D eigenvalue weighted by molar-refractivity contribution is -0.601. The minimum Gasteiger partial charge on any atom is -0.354 e. The summed E-state index contributed by atoms with van der Waals surface area (Å²) in [6.07, 6.45) is -4.30. The van der Waals surface area contributed by atoms with Crippen molar-refractivity contribution in [3.05, 3.63) is 0 Å². The first-order valence-corrected chi connectivity index (χ1v) is 7.31. The number of carbonyl (C=O) groups excluding carboxylic acids is 3. The molecule has 122 valence electrons. The average Bonchev–Trinajstić information content (AvgIpc) is 2.37. The molecule has 0 saturated carbocycles. The van der Waals surface area contributed by atoms with Gasteiger partial charge in [-0.25, -0.2) is 4.79 Å². The Hall–Kier alpha value is -1.16. The SMILES string of the molecule is C[C@H](NC(=O)[C@H](C)[NH2+]C(=O)C(F)(F)F)C(=O)NCCCBr. The number of rotatable bonds is 7. The van der Waals surface area contributed by atoms with Gasteiger partial charge in [0.25, 0.3) is 5.91 Å². The van der Waals surface area contributed by atoms with Gasteiger partial charge in [-0.3, -0.25) is 14.9 Å². The maximum Gasteiger partial charge on any atom is 0.509 e. The Bertz CT molecular complexity index is 391. The summed E-state index contributed by atoms with van der Waals surface area (Å²) >= 11 is 3.19. The first-order chi connectivity index (χ1) is 9.59. The Balaban J connectivity index is 4.28. The Morgan fingerprint density at radius 1 is 1.19 bits per heavy atom. The Morgan fingerprint density at radius 2 is 1.76 bits per heavy atom. The van der Waals surface area contributed by atoms with Crippen molar-refractivity contribution in [3.8, 4) is 0 Å². The number of primary amides is 1. The van der Waals surface area contributed by atoms with E-state index in [9.17, 15) is 27.6 Å². The largest absolute Gasteiger partial charge is 0.509 e. The normalized spacial score (nSPS) is 14.2. The third-order valence-electron chi connectivity index (χ3n) is 2.46. The van der Waals surface area contributed by atoms with Gasteiger partial charge in [-0.2, -0.15) is 13.2 Å². The van der Waals surface area contributed by atoms with Crippen LogP contribution in [0.15, 0.2) is 0 Å². The van der Waals surface area contributed by atoms with Crippen LogP contribution in [0.4, 0.5) is 13.2 Å². The van der Waals surface area contributed by atoms with Crippen molar-refractivity contribution in [2.24, 2.45) is 0 Å². The number of nitrogens with two attached hydrogens (primary N) is 1. The fourth-order valence-corrected chi connectivity index (χ4v) is 1.52. The van der Waals surface area contributed by atoms with Crippen molar-refractivity contribution in [3.63, 3.8) is 0 Å². The molecule has 0 spiro atoms. The van der Waals surface area contributed by atoms with E-state index in [-0.39, 0.29) is 5.32 Å². The van der Waals surface area contributed by atoms with Crippen LogP contribution >= 0.6 is 15.9 Å². The van der Waals surface area contributed by atoms with Gasteiger partial charge < -0.3 is 10.6 Å². The van der Waals surface area contributed by atoms with Crippen LogP contribution in [0.1, 0.15) is 20.3 Å². The highest BCUT2D eigenvalue weighted by molar-refractivity contribution is 9.09. The van der Waals surface area contributed by atoms with E-state index >= 15 is 0 Å². The van der Waals surface area contributed by atoms with Crippen LogP contribution < -0.4 is 16.0 Å². The first kappa shape index (κ1) is 19.8. The van der Waals surface area contributed by atoms with Crippen molar-refractivity contribution < 1.29 is 32.9 Å². The lowest BCUT2D eigenvalue weighted by Crippen LogP contribution is -2.97. The zero-order valence-corrected chi connectivity index (χ0v) is 13.2. The number of carbonyl (C=O) groups is 3. The predicted octanol–water partition coefficient (Wildman–Crippen LogP) is -0.567. The molecule has 0 aromatic rings. The molecule has 2 atom stereocenters. The molecule has 0 radical (unpaired) electrons. The van der Waals surface area contributed by atoms with Crippen LogP contribution in [-0.2, 0) is 14.4 Å². The smallest absolute Gasteiger partial charge is 0.354 e. The summed E-state index contributed by atoms with van der Waals surface area (Å²) in [5.41, 5.74) is 0. The number of alkyl halides is 4. The molecular weight excluding hydrogens is 359 g/mol. The van der Waals surface area contributed by atoms with Gasteiger partial charge >= 0.3 is 12.1 Å². The quantitative estimate of drug-likeness (QED) is 0.410. The second kappa shape index (κ2) is 8.98. The zero-order valence-electron chi connectivity index (χ0n) is 11.6. The molecule has 6 nitrogen and oxygen atoms in total. The van der Waals surface area contributed by atoms with Crippen LogP contribution in [0.5, 0.6) is 0 Å². The van der Waals surface area contributed by atoms with Gasteiger partial charge in [0, 0.05) is 11.9 Å². The van der Waals surface area contributed by atoms with Crippen LogP contribution in [0.2, 0.25) is 0 Å². The van der Waals surface area contributed by atoms with Crippen molar-refractivity contribution in [2.45, 2.75) is 38.5 Å². The molecule has 3 amide bonds. The third kappa shape index (κ3) is 8.00. The van der Waals surface area contributed by atoms with Gasteiger partial charge in [0.15, 0.2) is 6.04 Å². The standard InChI is InChI=1S/C11H17BrF3N3O3/c1-6(8(19)16-5-3-4-12)17-9(20)7(2)18-10(21)11(13,14)15/h6-7H,3-5H2,1-2H3,(H,16,19)(H,17,20)(H,18,21)/p+1/t6-,7-/m0/s1. The van der Waals surface area contributed by atoms with E-state index in [2.05, 4.69) is 26.6 Å². The highest BCUT2D eigenvalue weighted by Gasteiger charge is 2.44. The van der Waals surface area contributed by atoms with E-state index in [1.807, 2.05) is 0 Å². The first-order valence-electron chi connectivity index (χ1n) is 6.19. The summed E-state index contributed by atoms with van der Waals surface area (Å²) in [4.78, 5) is 33.9. The number of nitrogens with one attached hydrogen (secondary N) is 2. The van der Waals surface area contributed by atoms with E-state index in [0.29, 0.717) is 18.3 Å². The molecule has 10 heteroatoms. The number of hydrogen-bond acceptors (Lipinski definition) is 3. The molecule has 0 aromatic carbocycles. The second-order valence-electron chi connectivity index (χ2n) is 4.38. The molecule has 0 bridgehead atoms. The molecule has 0 aliphatic rings. The molecule has 0 aliphatic heterocycles. The molecule has 0 rings (SSSR count). The van der Waals surface area contributed by atoms with Crippen LogP contribution in [0.3, 0.4) is 0 Å². The van der Waals surface area contributed by atoms with Gasteiger partial charge in [0.1, 0.15) is 6.04 Å². The minimum absolute atomic E-state index is 0.283. The molecule has 0 saturated heterocycles. The van der Waals surface area contributed by atoms with E-state index in [4.69, 9.17) is 0 Å². The van der Waals surface area contributed by atoms with E-state index < -0.39 is 36.0 Å². The monoisotopic (exact) mass is 376 g/mol. The molecule has 4 N–H and O–H groups in total. The number of hydrogen-bond donors (Lipinski definition) is 3. The summed E-state index contributed by atoms with van der Waals surface area (Å²) < 4.78 is 36.2. The number of halogens is 4. The molecule has 0 aliphatic carbocycles. The fraction of sp³-hybridized carbons (Fsp3) is 0.727. The average molecular weight is 377 g/mol. The summed E-state index contributed by atoms with van der Waals surface area (Å²) in [5, 5.41) is 5.79. The van der Waals surface area contributed by atoms with Crippen molar-refractivity contribution in [1.82, 2.24) is 10.6 Å². The lowest BCUT2D eigenvalue weighted by atomic mass is 10.2. The van der Waals surface area contributed by atoms with Gasteiger partial charge in [0.2, 0.25) is 5.91 Å². The Morgan fingerprint density at radius 3 is 2.24 bits per heavy atom. The number of quaternary nitrogens is 1.